The summed E-state index contributed by atoms with van der Waals surface area (Å²) in [5.74, 6) is 0.634. The lowest BCUT2D eigenvalue weighted by atomic mass is 9.93. The number of nitrogen functional groups attached to an aromatic ring is 2. The number of anilines is 2. The largest absolute Gasteiger partial charge is 0.398 e. The molecule has 0 aliphatic rings. The number of rotatable bonds is 3. The lowest BCUT2D eigenvalue weighted by molar-refractivity contribution is 0.0810. The molecule has 5 rings (SSSR count). The minimum atomic E-state index is -0.799. The van der Waals surface area contributed by atoms with Crippen LogP contribution in [0.15, 0.2) is 54.6 Å². The van der Waals surface area contributed by atoms with Crippen molar-refractivity contribution >= 4 is 55.6 Å². The molecule has 0 saturated carbocycles. The third kappa shape index (κ3) is 3.36. The van der Waals surface area contributed by atoms with Gasteiger partial charge in [-0.3, -0.25) is 0 Å². The first kappa shape index (κ1) is 19.7. The molecule has 4 aromatic carbocycles. The van der Waals surface area contributed by atoms with Gasteiger partial charge in [0.2, 0.25) is 0 Å². The highest BCUT2D eigenvalue weighted by molar-refractivity contribution is 6.33. The van der Waals surface area contributed by atoms with Crippen LogP contribution in [-0.2, 0) is 6.42 Å². The summed E-state index contributed by atoms with van der Waals surface area (Å²) in [4.78, 5) is 8.36. The maximum atomic E-state index is 10.3. The molecule has 6 N–H and O–H groups in total. The molecule has 0 unspecified atom stereocenters. The number of H-pyrrole nitrogens is 1. The molecule has 0 amide bonds. The Labute approximate surface area is 184 Å². The minimum Gasteiger partial charge on any atom is -0.398 e. The van der Waals surface area contributed by atoms with Crippen LogP contribution in [0.25, 0.3) is 44.0 Å². The van der Waals surface area contributed by atoms with Crippen molar-refractivity contribution in [3.05, 3.63) is 65.2 Å². The van der Waals surface area contributed by atoms with Gasteiger partial charge < -0.3 is 21.6 Å². The molecule has 0 saturated heterocycles. The molecule has 31 heavy (non-hydrogen) atoms. The van der Waals surface area contributed by atoms with Crippen LogP contribution in [0.4, 0.5) is 11.4 Å². The van der Waals surface area contributed by atoms with Gasteiger partial charge in [0.15, 0.2) is 0 Å². The van der Waals surface area contributed by atoms with E-state index in [0.717, 1.165) is 38.1 Å². The van der Waals surface area contributed by atoms with E-state index in [-0.39, 0.29) is 0 Å². The number of hydrogen-bond acceptors (Lipinski definition) is 4. The number of fused-ring (bicyclic) bond motifs is 6. The van der Waals surface area contributed by atoms with Gasteiger partial charge in [-0.25, -0.2) is 4.98 Å². The van der Waals surface area contributed by atoms with E-state index in [2.05, 4.69) is 17.1 Å². The zero-order chi connectivity index (χ0) is 21.9. The van der Waals surface area contributed by atoms with Crippen molar-refractivity contribution in [3.63, 3.8) is 0 Å². The predicted octanol–water partition coefficient (Wildman–Crippen LogP) is 5.67. The Balaban J connectivity index is 1.87. The first-order valence-electron chi connectivity index (χ1n) is 10.1. The molecular weight excluding hydrogens is 408 g/mol. The molecule has 0 spiro atoms. The summed E-state index contributed by atoms with van der Waals surface area (Å²) >= 11 is 6.36. The topological polar surface area (TPSA) is 101 Å². The van der Waals surface area contributed by atoms with Gasteiger partial charge in [-0.1, -0.05) is 41.9 Å². The highest BCUT2D eigenvalue weighted by Gasteiger charge is 2.19. The Kier molecular flexibility index (Phi) is 4.36. The molecular formula is C25H23ClN4O. The highest BCUT2D eigenvalue weighted by atomic mass is 35.5. The van der Waals surface area contributed by atoms with E-state index in [0.29, 0.717) is 34.2 Å². The third-order valence-corrected chi connectivity index (χ3v) is 5.82. The number of nitrogens with two attached hydrogens (primary N) is 2. The first-order chi connectivity index (χ1) is 14.7. The van der Waals surface area contributed by atoms with E-state index >= 15 is 0 Å². The van der Waals surface area contributed by atoms with E-state index in [1.165, 1.54) is 0 Å². The van der Waals surface area contributed by atoms with Crippen molar-refractivity contribution in [1.29, 1.82) is 0 Å². The quantitative estimate of drug-likeness (QED) is 0.219. The third-order valence-electron chi connectivity index (χ3n) is 5.59. The van der Waals surface area contributed by atoms with E-state index in [9.17, 15) is 5.11 Å². The number of aromatic nitrogens is 2. The molecule has 0 aliphatic carbocycles. The molecule has 0 aliphatic heterocycles. The lowest BCUT2D eigenvalue weighted by Gasteiger charge is -2.17. The normalized spacial score (nSPS) is 12.3. The van der Waals surface area contributed by atoms with Crippen molar-refractivity contribution in [3.8, 4) is 11.4 Å². The summed E-state index contributed by atoms with van der Waals surface area (Å²) < 4.78 is 0. The Morgan fingerprint density at radius 3 is 2.32 bits per heavy atom. The fourth-order valence-electron chi connectivity index (χ4n) is 4.33. The Morgan fingerprint density at radius 2 is 1.61 bits per heavy atom. The van der Waals surface area contributed by atoms with Gasteiger partial charge in [0.05, 0.1) is 22.2 Å². The van der Waals surface area contributed by atoms with E-state index in [1.807, 2.05) is 56.3 Å². The second-order valence-electron chi connectivity index (χ2n) is 8.68. The zero-order valence-corrected chi connectivity index (χ0v) is 18.1. The molecule has 0 atom stereocenters. The summed E-state index contributed by atoms with van der Waals surface area (Å²) in [5.41, 5.74) is 16.3. The Morgan fingerprint density at radius 1 is 0.935 bits per heavy atom. The van der Waals surface area contributed by atoms with Crippen molar-refractivity contribution in [2.75, 3.05) is 11.5 Å². The average molecular weight is 431 g/mol. The van der Waals surface area contributed by atoms with Crippen LogP contribution >= 0.6 is 11.6 Å². The Bertz CT molecular complexity index is 1460. The summed E-state index contributed by atoms with van der Waals surface area (Å²) in [6, 6.07) is 17.5. The van der Waals surface area contributed by atoms with Crippen molar-refractivity contribution in [2.45, 2.75) is 25.9 Å². The fourth-order valence-corrected chi connectivity index (χ4v) is 4.50. The molecule has 0 fully saturated rings. The molecule has 1 aromatic heterocycles. The molecule has 6 heteroatoms. The Hall–Kier alpha value is -3.28. The van der Waals surface area contributed by atoms with Gasteiger partial charge >= 0.3 is 0 Å². The number of halogens is 1. The highest BCUT2D eigenvalue weighted by Crippen LogP contribution is 2.39. The fraction of sp³-hybridized carbons (Fsp3) is 0.160. The van der Waals surface area contributed by atoms with E-state index < -0.39 is 5.60 Å². The second kappa shape index (κ2) is 6.87. The van der Waals surface area contributed by atoms with Crippen LogP contribution in [0.2, 0.25) is 5.02 Å². The summed E-state index contributed by atoms with van der Waals surface area (Å²) in [5, 5.41) is 15.0. The van der Waals surface area contributed by atoms with Gasteiger partial charge in [-0.05, 0) is 54.4 Å². The van der Waals surface area contributed by atoms with Gasteiger partial charge in [0.25, 0.3) is 0 Å². The number of aliphatic hydroxyl groups is 1. The molecule has 5 aromatic rings. The molecule has 1 heterocycles. The second-order valence-corrected chi connectivity index (χ2v) is 9.12. The van der Waals surface area contributed by atoms with Crippen LogP contribution in [0.3, 0.4) is 0 Å². The van der Waals surface area contributed by atoms with E-state index in [1.54, 1.807) is 0 Å². The number of aromatic amines is 1. The minimum absolute atomic E-state index is 0.548. The zero-order valence-electron chi connectivity index (χ0n) is 17.3. The monoisotopic (exact) mass is 430 g/mol. The summed E-state index contributed by atoms with van der Waals surface area (Å²) in [7, 11) is 0. The van der Waals surface area contributed by atoms with Crippen molar-refractivity contribution in [1.82, 2.24) is 9.97 Å². The smallest absolute Gasteiger partial charge is 0.142 e. The van der Waals surface area contributed by atoms with Gasteiger partial charge in [-0.15, -0.1) is 0 Å². The average Bonchev–Trinajstić information content (AvgIpc) is 3.11. The standard InChI is InChI=1S/C25H23ClN4O/c1-25(2,31)12-13-6-8-15-17(10-13)18-11-14(26)7-9-16(18)23-22(15)29-24(30-23)21-19(27)4-3-5-20(21)28/h3-11,31H,12,27-28H2,1-2H3,(H,29,30). The maximum absolute atomic E-state index is 10.3. The van der Waals surface area contributed by atoms with Gasteiger partial charge in [0, 0.05) is 33.6 Å². The van der Waals surface area contributed by atoms with Crippen LogP contribution in [0.5, 0.6) is 0 Å². The molecule has 0 bridgehead atoms. The van der Waals surface area contributed by atoms with Gasteiger partial charge in [-0.2, -0.15) is 0 Å². The predicted molar refractivity (Wildman–Crippen MR) is 130 cm³/mol. The SMILES string of the molecule is CC(C)(O)Cc1ccc2c(c1)c1cc(Cl)ccc1c1[nH]c(-c3c(N)cccc3N)nc21. The summed E-state index contributed by atoms with van der Waals surface area (Å²) in [6.45, 7) is 3.62. The number of nitrogens with one attached hydrogen (secondary N) is 1. The van der Waals surface area contributed by atoms with Crippen LogP contribution < -0.4 is 11.5 Å². The lowest BCUT2D eigenvalue weighted by Crippen LogP contribution is -2.21. The van der Waals surface area contributed by atoms with Crippen LogP contribution in [-0.4, -0.2) is 20.7 Å². The number of hydrogen-bond donors (Lipinski definition) is 4. The first-order valence-corrected chi connectivity index (χ1v) is 10.5. The van der Waals surface area contributed by atoms with E-state index in [4.69, 9.17) is 28.1 Å². The number of imidazole rings is 1. The maximum Gasteiger partial charge on any atom is 0.142 e. The molecule has 156 valence electrons. The van der Waals surface area contributed by atoms with Crippen molar-refractivity contribution in [2.24, 2.45) is 0 Å². The van der Waals surface area contributed by atoms with Crippen molar-refractivity contribution < 1.29 is 5.11 Å². The number of nitrogens with zero attached hydrogens (tertiary/aromatic N) is 1. The van der Waals surface area contributed by atoms with Crippen LogP contribution in [0, 0.1) is 0 Å². The van der Waals surface area contributed by atoms with Gasteiger partial charge in [0.1, 0.15) is 5.82 Å². The number of benzene rings is 4. The summed E-state index contributed by atoms with van der Waals surface area (Å²) in [6.07, 6.45) is 0.548. The molecule has 0 radical (unpaired) electrons. The van der Waals surface area contributed by atoms with Crippen LogP contribution in [0.1, 0.15) is 19.4 Å². The molecule has 5 nitrogen and oxygen atoms in total.